The number of hydrogen-bond donors (Lipinski definition) is 1. The lowest BCUT2D eigenvalue weighted by Gasteiger charge is -2.30. The van der Waals surface area contributed by atoms with Crippen LogP contribution in [0.25, 0.3) is 0 Å². The van der Waals surface area contributed by atoms with Crippen molar-refractivity contribution < 1.29 is 17.6 Å². The zero-order chi connectivity index (χ0) is 13.3. The number of nitrogens with one attached hydrogen (secondary N) is 1. The van der Waals surface area contributed by atoms with Crippen LogP contribution in [0.5, 0.6) is 0 Å². The van der Waals surface area contributed by atoms with Gasteiger partial charge >= 0.3 is 0 Å². The minimum atomic E-state index is -1.38. The standard InChI is InChI=1S/C13H15F4N/c1-7-4-2-3-5-10(7)18-13-11(16)8(14)6-9(15)12(13)17/h6-7,10,18H,2-5H2,1H3. The van der Waals surface area contributed by atoms with Gasteiger partial charge in [0.25, 0.3) is 0 Å². The highest BCUT2D eigenvalue weighted by atomic mass is 19.2. The van der Waals surface area contributed by atoms with Crippen LogP contribution < -0.4 is 5.32 Å². The van der Waals surface area contributed by atoms with Gasteiger partial charge in [-0.25, -0.2) is 17.6 Å². The lowest BCUT2D eigenvalue weighted by molar-refractivity contribution is 0.346. The summed E-state index contributed by atoms with van der Waals surface area (Å²) >= 11 is 0. The lowest BCUT2D eigenvalue weighted by Crippen LogP contribution is -2.31. The number of anilines is 1. The molecule has 0 radical (unpaired) electrons. The van der Waals surface area contributed by atoms with Crippen molar-refractivity contribution >= 4 is 5.69 Å². The summed E-state index contributed by atoms with van der Waals surface area (Å²) in [6.45, 7) is 1.96. The van der Waals surface area contributed by atoms with Crippen LogP contribution in [0.2, 0.25) is 0 Å². The van der Waals surface area contributed by atoms with Gasteiger partial charge in [-0.3, -0.25) is 0 Å². The van der Waals surface area contributed by atoms with E-state index in [1.165, 1.54) is 0 Å². The Bertz CT molecular complexity index is 421. The van der Waals surface area contributed by atoms with Gasteiger partial charge in [-0.15, -0.1) is 0 Å². The second kappa shape index (κ2) is 5.16. The van der Waals surface area contributed by atoms with Gasteiger partial charge in [0.2, 0.25) is 0 Å². The van der Waals surface area contributed by atoms with Gasteiger partial charge in [0, 0.05) is 12.1 Å². The van der Waals surface area contributed by atoms with E-state index in [-0.39, 0.29) is 18.0 Å². The van der Waals surface area contributed by atoms with E-state index < -0.39 is 29.0 Å². The van der Waals surface area contributed by atoms with E-state index in [0.717, 1.165) is 25.7 Å². The Hall–Kier alpha value is -1.26. The van der Waals surface area contributed by atoms with E-state index in [1.54, 1.807) is 0 Å². The molecule has 1 aliphatic carbocycles. The fourth-order valence-electron chi connectivity index (χ4n) is 2.42. The van der Waals surface area contributed by atoms with Gasteiger partial charge in [0.05, 0.1) is 0 Å². The first-order valence-electron chi connectivity index (χ1n) is 6.10. The van der Waals surface area contributed by atoms with Crippen LogP contribution in [0, 0.1) is 29.2 Å². The average molecular weight is 261 g/mol. The van der Waals surface area contributed by atoms with Gasteiger partial charge in [-0.05, 0) is 18.8 Å². The summed E-state index contributed by atoms with van der Waals surface area (Å²) in [5.41, 5.74) is -0.689. The van der Waals surface area contributed by atoms with Crippen LogP contribution in [0.1, 0.15) is 32.6 Å². The van der Waals surface area contributed by atoms with Crippen LogP contribution in [-0.4, -0.2) is 6.04 Å². The molecule has 1 aromatic rings. The molecule has 5 heteroatoms. The maximum absolute atomic E-state index is 13.5. The molecule has 1 N–H and O–H groups in total. The van der Waals surface area contributed by atoms with E-state index in [2.05, 4.69) is 5.32 Å². The Labute approximate surface area is 103 Å². The van der Waals surface area contributed by atoms with E-state index in [4.69, 9.17) is 0 Å². The molecule has 2 rings (SSSR count). The highest BCUT2D eigenvalue weighted by molar-refractivity contribution is 5.48. The first-order chi connectivity index (χ1) is 8.50. The third-order valence-electron chi connectivity index (χ3n) is 3.55. The molecule has 0 saturated heterocycles. The van der Waals surface area contributed by atoms with Crippen molar-refractivity contribution in [2.75, 3.05) is 5.32 Å². The molecule has 1 fully saturated rings. The predicted molar refractivity (Wildman–Crippen MR) is 61.3 cm³/mol. The molecule has 0 aromatic heterocycles. The Kier molecular flexibility index (Phi) is 3.78. The highest BCUT2D eigenvalue weighted by Crippen LogP contribution is 2.30. The average Bonchev–Trinajstić information content (AvgIpc) is 2.34. The molecule has 1 aliphatic rings. The summed E-state index contributed by atoms with van der Waals surface area (Å²) in [6.07, 6.45) is 3.71. The molecule has 0 heterocycles. The van der Waals surface area contributed by atoms with E-state index in [1.807, 2.05) is 6.92 Å². The Morgan fingerprint density at radius 3 is 2.11 bits per heavy atom. The van der Waals surface area contributed by atoms with Gasteiger partial charge < -0.3 is 5.32 Å². The molecule has 2 unspecified atom stereocenters. The Morgan fingerprint density at radius 1 is 1.00 bits per heavy atom. The van der Waals surface area contributed by atoms with E-state index >= 15 is 0 Å². The number of benzene rings is 1. The fourth-order valence-corrected chi connectivity index (χ4v) is 2.42. The molecular weight excluding hydrogens is 246 g/mol. The minimum Gasteiger partial charge on any atom is -0.377 e. The molecule has 1 saturated carbocycles. The van der Waals surface area contributed by atoms with Crippen molar-refractivity contribution in [3.8, 4) is 0 Å². The van der Waals surface area contributed by atoms with Crippen LogP contribution in [0.4, 0.5) is 23.2 Å². The largest absolute Gasteiger partial charge is 0.377 e. The van der Waals surface area contributed by atoms with E-state index in [9.17, 15) is 17.6 Å². The molecule has 0 amide bonds. The summed E-state index contributed by atoms with van der Waals surface area (Å²) in [5.74, 6) is -5.23. The lowest BCUT2D eigenvalue weighted by atomic mass is 9.86. The molecule has 18 heavy (non-hydrogen) atoms. The zero-order valence-electron chi connectivity index (χ0n) is 10.1. The van der Waals surface area contributed by atoms with Crippen molar-refractivity contribution in [3.63, 3.8) is 0 Å². The fraction of sp³-hybridized carbons (Fsp3) is 0.538. The maximum atomic E-state index is 13.5. The minimum absolute atomic E-state index is 0.149. The third-order valence-corrected chi connectivity index (χ3v) is 3.55. The normalized spacial score (nSPS) is 24.1. The monoisotopic (exact) mass is 261 g/mol. The van der Waals surface area contributed by atoms with Crippen LogP contribution in [0.15, 0.2) is 6.07 Å². The molecule has 1 nitrogen and oxygen atoms in total. The SMILES string of the molecule is CC1CCCCC1Nc1c(F)c(F)cc(F)c1F. The third kappa shape index (κ3) is 2.44. The predicted octanol–water partition coefficient (Wildman–Crippen LogP) is 4.23. The number of halogens is 4. The molecule has 2 atom stereocenters. The molecular formula is C13H15F4N. The summed E-state index contributed by atoms with van der Waals surface area (Å²) in [4.78, 5) is 0. The smallest absolute Gasteiger partial charge is 0.185 e. The number of hydrogen-bond acceptors (Lipinski definition) is 1. The van der Waals surface area contributed by atoms with E-state index in [0.29, 0.717) is 0 Å². The van der Waals surface area contributed by atoms with Crippen molar-refractivity contribution in [2.24, 2.45) is 5.92 Å². The van der Waals surface area contributed by atoms with Gasteiger partial charge in [0.15, 0.2) is 23.3 Å². The second-order valence-electron chi connectivity index (χ2n) is 4.86. The second-order valence-corrected chi connectivity index (χ2v) is 4.86. The molecule has 0 spiro atoms. The van der Waals surface area contributed by atoms with Crippen molar-refractivity contribution in [1.82, 2.24) is 0 Å². The summed E-state index contributed by atoms with van der Waals surface area (Å²) in [7, 11) is 0. The molecule has 1 aromatic carbocycles. The summed E-state index contributed by atoms with van der Waals surface area (Å²) in [6, 6.07) is 0.0732. The maximum Gasteiger partial charge on any atom is 0.185 e. The molecule has 100 valence electrons. The number of rotatable bonds is 2. The van der Waals surface area contributed by atoms with Crippen LogP contribution in [-0.2, 0) is 0 Å². The Morgan fingerprint density at radius 2 is 1.56 bits per heavy atom. The zero-order valence-corrected chi connectivity index (χ0v) is 10.1. The van der Waals surface area contributed by atoms with Gasteiger partial charge in [0.1, 0.15) is 5.69 Å². The first-order valence-corrected chi connectivity index (χ1v) is 6.10. The first kappa shape index (κ1) is 13.2. The molecule has 0 aliphatic heterocycles. The summed E-state index contributed by atoms with van der Waals surface area (Å²) < 4.78 is 53.1. The summed E-state index contributed by atoms with van der Waals surface area (Å²) in [5, 5.41) is 2.62. The van der Waals surface area contributed by atoms with Crippen LogP contribution >= 0.6 is 0 Å². The topological polar surface area (TPSA) is 12.0 Å². The van der Waals surface area contributed by atoms with Crippen molar-refractivity contribution in [3.05, 3.63) is 29.3 Å². The van der Waals surface area contributed by atoms with Gasteiger partial charge in [-0.2, -0.15) is 0 Å². The van der Waals surface area contributed by atoms with Crippen molar-refractivity contribution in [1.29, 1.82) is 0 Å². The quantitative estimate of drug-likeness (QED) is 0.620. The van der Waals surface area contributed by atoms with Crippen LogP contribution in [0.3, 0.4) is 0 Å². The van der Waals surface area contributed by atoms with Gasteiger partial charge in [-0.1, -0.05) is 19.8 Å². The highest BCUT2D eigenvalue weighted by Gasteiger charge is 2.26. The molecule has 0 bridgehead atoms. The van der Waals surface area contributed by atoms with Crippen molar-refractivity contribution in [2.45, 2.75) is 38.6 Å². The Balaban J connectivity index is 2.28.